The Hall–Kier alpha value is -2.68. The number of aliphatic hydroxyl groups excluding tert-OH is 2. The largest absolute Gasteiger partial charge is 0.504 e. The number of rotatable bonds is 6. The Morgan fingerprint density at radius 2 is 1.79 bits per heavy atom. The lowest BCUT2D eigenvalue weighted by molar-refractivity contribution is 0.0721. The molecule has 0 saturated carbocycles. The Bertz CT molecular complexity index is 912. The van der Waals surface area contributed by atoms with Gasteiger partial charge in [-0.2, -0.15) is 0 Å². The Balaban J connectivity index is 2.10. The molecule has 8 nitrogen and oxygen atoms in total. The zero-order valence-corrected chi connectivity index (χ0v) is 15.7. The molecule has 2 aromatic rings. The van der Waals surface area contributed by atoms with Crippen LogP contribution in [0.4, 0.5) is 0 Å². The van der Waals surface area contributed by atoms with Gasteiger partial charge in [0.2, 0.25) is 5.75 Å². The number of fused-ring (bicyclic) bond motifs is 2. The van der Waals surface area contributed by atoms with Crippen LogP contribution < -0.4 is 24.3 Å². The highest BCUT2D eigenvalue weighted by molar-refractivity contribution is 5.87. The second kappa shape index (κ2) is 7.38. The lowest BCUT2D eigenvalue weighted by Gasteiger charge is -2.37. The molecule has 0 radical (unpaired) electrons. The van der Waals surface area contributed by atoms with Gasteiger partial charge < -0.3 is 39.6 Å². The third-order valence-electron chi connectivity index (χ3n) is 5.34. The van der Waals surface area contributed by atoms with Gasteiger partial charge >= 0.3 is 0 Å². The Morgan fingerprint density at radius 1 is 1.04 bits per heavy atom. The van der Waals surface area contributed by atoms with Gasteiger partial charge in [0.15, 0.2) is 36.6 Å². The van der Waals surface area contributed by atoms with E-state index in [1.54, 1.807) is 19.2 Å². The Kier molecular flexibility index (Phi) is 4.92. The van der Waals surface area contributed by atoms with E-state index in [2.05, 4.69) is 5.32 Å². The summed E-state index contributed by atoms with van der Waals surface area (Å²) in [4.78, 5) is 0. The average molecular weight is 389 g/mol. The maximum Gasteiger partial charge on any atom is 0.207 e. The van der Waals surface area contributed by atoms with Crippen LogP contribution in [0.2, 0.25) is 0 Å². The van der Waals surface area contributed by atoms with E-state index in [9.17, 15) is 15.3 Å². The van der Waals surface area contributed by atoms with Crippen molar-refractivity contribution >= 4 is 0 Å². The van der Waals surface area contributed by atoms with Crippen LogP contribution in [0.15, 0.2) is 12.1 Å². The number of hydrogen-bond donors (Lipinski definition) is 4. The zero-order chi connectivity index (χ0) is 19.8. The molecule has 4 N–H and O–H groups in total. The average Bonchev–Trinajstić information content (AvgIpc) is 2.70. The lowest BCUT2D eigenvalue weighted by atomic mass is 9.76. The number of methoxy groups -OCH3 is 2. The minimum absolute atomic E-state index is 0.00263. The smallest absolute Gasteiger partial charge is 0.207 e. The fourth-order valence-electron chi connectivity index (χ4n) is 4.31. The minimum atomic E-state index is -0.570. The molecule has 2 aromatic carbocycles. The van der Waals surface area contributed by atoms with Crippen LogP contribution >= 0.6 is 0 Å². The van der Waals surface area contributed by atoms with Crippen LogP contribution in [-0.4, -0.2) is 49.7 Å². The molecular formula is C20H23NO7. The van der Waals surface area contributed by atoms with Crippen LogP contribution in [0.5, 0.6) is 28.7 Å². The van der Waals surface area contributed by atoms with Crippen molar-refractivity contribution in [1.82, 2.24) is 5.32 Å². The van der Waals surface area contributed by atoms with Gasteiger partial charge in [0.1, 0.15) is 0 Å². The number of benzene rings is 2. The van der Waals surface area contributed by atoms with Crippen molar-refractivity contribution in [2.45, 2.75) is 18.9 Å². The first-order chi connectivity index (χ1) is 13.6. The van der Waals surface area contributed by atoms with Gasteiger partial charge in [0.25, 0.3) is 0 Å². The first-order valence-electron chi connectivity index (χ1n) is 9.02. The summed E-state index contributed by atoms with van der Waals surface area (Å²) in [6.07, 6.45) is 1.39. The predicted molar refractivity (Wildman–Crippen MR) is 100 cm³/mol. The van der Waals surface area contributed by atoms with Crippen LogP contribution in [-0.2, 0) is 12.8 Å². The van der Waals surface area contributed by atoms with E-state index in [-0.39, 0.29) is 23.3 Å². The van der Waals surface area contributed by atoms with Gasteiger partial charge in [-0.25, -0.2) is 0 Å². The molecule has 0 unspecified atom stereocenters. The fraction of sp³-hybridized carbons (Fsp3) is 0.400. The summed E-state index contributed by atoms with van der Waals surface area (Å²) in [6.45, 7) is -0.382. The van der Waals surface area contributed by atoms with Gasteiger partial charge in [-0.15, -0.1) is 0 Å². The molecule has 0 spiro atoms. The number of aromatic hydroxyl groups is 1. The van der Waals surface area contributed by atoms with E-state index < -0.39 is 13.6 Å². The van der Waals surface area contributed by atoms with Crippen molar-refractivity contribution in [3.05, 3.63) is 28.8 Å². The molecule has 0 amide bonds. The summed E-state index contributed by atoms with van der Waals surface area (Å²) in [5, 5.41) is 32.7. The normalized spacial score (nSPS) is 16.8. The molecule has 8 heteroatoms. The third-order valence-corrected chi connectivity index (χ3v) is 5.34. The fourth-order valence-corrected chi connectivity index (χ4v) is 4.31. The van der Waals surface area contributed by atoms with E-state index >= 15 is 0 Å². The maximum absolute atomic E-state index is 10.2. The summed E-state index contributed by atoms with van der Waals surface area (Å²) in [7, 11) is 3.03. The summed E-state index contributed by atoms with van der Waals surface area (Å²) in [5.74, 6) is 1.43. The molecular weight excluding hydrogens is 366 g/mol. The van der Waals surface area contributed by atoms with Crippen molar-refractivity contribution in [3.8, 4) is 39.9 Å². The van der Waals surface area contributed by atoms with Crippen LogP contribution in [0.3, 0.4) is 0 Å². The highest BCUT2D eigenvalue weighted by Gasteiger charge is 2.37. The van der Waals surface area contributed by atoms with Gasteiger partial charge in [-0.3, -0.25) is 0 Å². The Labute approximate surface area is 162 Å². The number of phenols is 1. The van der Waals surface area contributed by atoms with Crippen molar-refractivity contribution in [2.24, 2.45) is 0 Å². The van der Waals surface area contributed by atoms with Crippen LogP contribution in [0, 0.1) is 0 Å². The molecule has 150 valence electrons. The van der Waals surface area contributed by atoms with Crippen molar-refractivity contribution in [1.29, 1.82) is 0 Å². The molecule has 0 fully saturated rings. The molecule has 0 saturated heterocycles. The summed E-state index contributed by atoms with van der Waals surface area (Å²) in [6, 6.07) is 3.44. The van der Waals surface area contributed by atoms with Gasteiger partial charge in [0.05, 0.1) is 14.2 Å². The lowest BCUT2D eigenvalue weighted by Crippen LogP contribution is -2.34. The number of aliphatic hydroxyl groups is 2. The van der Waals surface area contributed by atoms with Crippen LogP contribution in [0.25, 0.3) is 11.1 Å². The van der Waals surface area contributed by atoms with Gasteiger partial charge in [0, 0.05) is 17.2 Å². The number of nitrogens with one attached hydrogen (secondary N) is 1. The van der Waals surface area contributed by atoms with Crippen molar-refractivity contribution in [2.75, 3.05) is 34.4 Å². The highest BCUT2D eigenvalue weighted by Crippen LogP contribution is 2.56. The van der Waals surface area contributed by atoms with E-state index in [1.807, 2.05) is 0 Å². The summed E-state index contributed by atoms with van der Waals surface area (Å²) < 4.78 is 22.0. The first kappa shape index (κ1) is 18.7. The molecule has 1 aliphatic carbocycles. The molecule has 4 rings (SSSR count). The standard InChI is InChI=1S/C20H23NO7/c1-25-15-7-12-10(6-14(15)24)5-13-16-11(3-4-21-13)18(26-2)20(28-9-23)19(17(12)16)27-8-22/h6-7,13,21-24H,3-5,8-9H2,1-2H3/t13-/m0/s1. The zero-order valence-electron chi connectivity index (χ0n) is 15.7. The topological polar surface area (TPSA) is 110 Å². The second-order valence-corrected chi connectivity index (χ2v) is 6.65. The Morgan fingerprint density at radius 3 is 2.46 bits per heavy atom. The molecule has 28 heavy (non-hydrogen) atoms. The maximum atomic E-state index is 10.2. The van der Waals surface area contributed by atoms with Crippen molar-refractivity contribution < 1.29 is 34.3 Å². The van der Waals surface area contributed by atoms with E-state index in [4.69, 9.17) is 18.9 Å². The molecule has 1 atom stereocenters. The van der Waals surface area contributed by atoms with E-state index in [1.165, 1.54) is 7.11 Å². The SMILES string of the molecule is COc1cc2c(cc1O)C[C@@H]1NCCc3c(OC)c(OCO)c(OCO)c-2c31. The molecule has 2 aliphatic rings. The van der Waals surface area contributed by atoms with Gasteiger partial charge in [-0.1, -0.05) is 0 Å². The highest BCUT2D eigenvalue weighted by atomic mass is 16.6. The van der Waals surface area contributed by atoms with E-state index in [0.29, 0.717) is 24.3 Å². The van der Waals surface area contributed by atoms with E-state index in [0.717, 1.165) is 34.4 Å². The molecule has 1 aliphatic heterocycles. The minimum Gasteiger partial charge on any atom is -0.504 e. The van der Waals surface area contributed by atoms with Gasteiger partial charge in [-0.05, 0) is 48.2 Å². The quantitative estimate of drug-likeness (QED) is 0.550. The molecule has 1 heterocycles. The first-order valence-corrected chi connectivity index (χ1v) is 9.02. The molecule has 0 bridgehead atoms. The van der Waals surface area contributed by atoms with Crippen LogP contribution in [0.1, 0.15) is 22.7 Å². The summed E-state index contributed by atoms with van der Waals surface area (Å²) >= 11 is 0. The molecule has 0 aromatic heterocycles. The second-order valence-electron chi connectivity index (χ2n) is 6.65. The van der Waals surface area contributed by atoms with Crippen molar-refractivity contribution in [3.63, 3.8) is 0 Å². The third kappa shape index (κ3) is 2.72. The number of ether oxygens (including phenoxy) is 4. The summed E-state index contributed by atoms with van der Waals surface area (Å²) in [5.41, 5.74) is 4.47. The monoisotopic (exact) mass is 389 g/mol. The predicted octanol–water partition coefficient (Wildman–Crippen LogP) is 1.48. The number of hydrogen-bond acceptors (Lipinski definition) is 8. The number of phenolic OH excluding ortho intramolecular Hbond substituents is 1.